The summed E-state index contributed by atoms with van der Waals surface area (Å²) in [4.78, 5) is 64.8. The van der Waals surface area contributed by atoms with Crippen molar-refractivity contribution in [1.82, 2.24) is 15.5 Å². The van der Waals surface area contributed by atoms with Gasteiger partial charge in [-0.2, -0.15) is 0 Å². The smallest absolute Gasteiger partial charge is 0.326 e. The Morgan fingerprint density at radius 1 is 1.12 bits per heavy atom. The van der Waals surface area contributed by atoms with E-state index in [1.807, 2.05) is 0 Å². The Morgan fingerprint density at radius 2 is 1.79 bits per heavy atom. The summed E-state index contributed by atoms with van der Waals surface area (Å²) in [6.07, 6.45) is 1.04. The number of likely N-dealkylation sites (tertiary alicyclic amines) is 1. The van der Waals surface area contributed by atoms with Gasteiger partial charge < -0.3 is 42.9 Å². The molecular weight excluding hydrogens is 438 g/mol. The van der Waals surface area contributed by atoms with E-state index in [2.05, 4.69) is 15.6 Å². The van der Waals surface area contributed by atoms with Gasteiger partial charge >= 0.3 is 11.9 Å². The molecule has 4 atom stereocenters. The van der Waals surface area contributed by atoms with Crippen LogP contribution in [0.3, 0.4) is 0 Å². The van der Waals surface area contributed by atoms with Crippen LogP contribution in [-0.4, -0.2) is 88.0 Å². The summed E-state index contributed by atoms with van der Waals surface area (Å²) in [5.74, 6) is -4.38. The molecule has 186 valence electrons. The molecule has 1 aliphatic rings. The number of carboxylic acids is 2. The van der Waals surface area contributed by atoms with Crippen molar-refractivity contribution in [3.8, 4) is 0 Å². The molecule has 0 aromatic carbocycles. The van der Waals surface area contributed by atoms with Crippen LogP contribution in [0.2, 0.25) is 0 Å². The summed E-state index contributed by atoms with van der Waals surface area (Å²) in [5.41, 5.74) is 16.5. The maximum atomic E-state index is 12.7. The van der Waals surface area contributed by atoms with E-state index >= 15 is 0 Å². The molecular formula is C19H33N7O7. The van der Waals surface area contributed by atoms with Gasteiger partial charge in [0, 0.05) is 19.5 Å². The number of rotatable bonds is 13. The number of nitrogens with one attached hydrogen (secondary N) is 2. The second-order valence-electron chi connectivity index (χ2n) is 7.81. The van der Waals surface area contributed by atoms with Crippen molar-refractivity contribution in [2.24, 2.45) is 22.2 Å². The van der Waals surface area contributed by atoms with E-state index in [4.69, 9.17) is 27.4 Å². The molecule has 3 amide bonds. The molecule has 0 bridgehead atoms. The Morgan fingerprint density at radius 3 is 2.36 bits per heavy atom. The second-order valence-corrected chi connectivity index (χ2v) is 7.81. The SMILES string of the molecule is CC(NC(=O)C1CCCN1C(=O)C(N)CCCN=C(N)N)C(=O)NC(CCC(=O)O)C(=O)O. The summed E-state index contributed by atoms with van der Waals surface area (Å²) in [6, 6.07) is -4.15. The molecule has 1 fully saturated rings. The third-order valence-corrected chi connectivity index (χ3v) is 5.14. The predicted molar refractivity (Wildman–Crippen MR) is 117 cm³/mol. The van der Waals surface area contributed by atoms with Gasteiger partial charge in [-0.25, -0.2) is 4.79 Å². The number of hydrogen-bond acceptors (Lipinski definition) is 7. The Kier molecular flexibility index (Phi) is 11.0. The molecule has 1 saturated heterocycles. The molecule has 14 nitrogen and oxygen atoms in total. The summed E-state index contributed by atoms with van der Waals surface area (Å²) >= 11 is 0. The number of amides is 3. The zero-order chi connectivity index (χ0) is 25.1. The minimum absolute atomic E-state index is 0.0547. The van der Waals surface area contributed by atoms with Crippen LogP contribution in [0, 0.1) is 0 Å². The van der Waals surface area contributed by atoms with Gasteiger partial charge in [0.1, 0.15) is 18.1 Å². The third-order valence-electron chi connectivity index (χ3n) is 5.14. The van der Waals surface area contributed by atoms with Crippen LogP contribution in [0.15, 0.2) is 4.99 Å². The Labute approximate surface area is 190 Å². The van der Waals surface area contributed by atoms with E-state index in [0.29, 0.717) is 38.8 Å². The lowest BCUT2D eigenvalue weighted by Gasteiger charge is -2.28. The molecule has 0 aromatic rings. The third kappa shape index (κ3) is 9.31. The first-order valence-corrected chi connectivity index (χ1v) is 10.6. The van der Waals surface area contributed by atoms with Crippen LogP contribution in [0.1, 0.15) is 45.4 Å². The number of carbonyl (C=O) groups excluding carboxylic acids is 3. The highest BCUT2D eigenvalue weighted by Crippen LogP contribution is 2.19. The summed E-state index contributed by atoms with van der Waals surface area (Å²) in [6.45, 7) is 2.03. The van der Waals surface area contributed by atoms with Crippen molar-refractivity contribution in [3.05, 3.63) is 0 Å². The average molecular weight is 472 g/mol. The highest BCUT2D eigenvalue weighted by atomic mass is 16.4. The van der Waals surface area contributed by atoms with E-state index in [0.717, 1.165) is 0 Å². The van der Waals surface area contributed by atoms with Crippen molar-refractivity contribution in [2.75, 3.05) is 13.1 Å². The van der Waals surface area contributed by atoms with Gasteiger partial charge in [0.15, 0.2) is 5.96 Å². The molecule has 10 N–H and O–H groups in total. The largest absolute Gasteiger partial charge is 0.481 e. The molecule has 4 unspecified atom stereocenters. The van der Waals surface area contributed by atoms with Crippen molar-refractivity contribution < 1.29 is 34.2 Å². The van der Waals surface area contributed by atoms with Gasteiger partial charge in [-0.1, -0.05) is 0 Å². The van der Waals surface area contributed by atoms with Gasteiger partial charge in [-0.15, -0.1) is 0 Å². The first-order chi connectivity index (χ1) is 15.4. The maximum absolute atomic E-state index is 12.7. The zero-order valence-electron chi connectivity index (χ0n) is 18.5. The Bertz CT molecular complexity index is 770. The summed E-state index contributed by atoms with van der Waals surface area (Å²) in [7, 11) is 0. The number of hydrogen-bond donors (Lipinski definition) is 7. The molecule has 0 aromatic heterocycles. The number of carboxylic acid groups (broad SMARTS) is 2. The Balaban J connectivity index is 2.64. The molecule has 1 aliphatic heterocycles. The van der Waals surface area contributed by atoms with Gasteiger partial charge in [0.2, 0.25) is 17.7 Å². The number of guanidine groups is 1. The van der Waals surface area contributed by atoms with Crippen molar-refractivity contribution >= 4 is 35.6 Å². The van der Waals surface area contributed by atoms with Gasteiger partial charge in [-0.05, 0) is 39.0 Å². The number of carbonyl (C=O) groups is 5. The molecule has 0 spiro atoms. The van der Waals surface area contributed by atoms with E-state index in [1.165, 1.54) is 11.8 Å². The number of nitrogens with zero attached hydrogens (tertiary/aromatic N) is 2. The molecule has 0 saturated carbocycles. The number of aliphatic imine (C=N–C) groups is 1. The van der Waals surface area contributed by atoms with E-state index in [9.17, 15) is 24.0 Å². The topological polar surface area (TPSA) is 244 Å². The lowest BCUT2D eigenvalue weighted by molar-refractivity contribution is -0.144. The zero-order valence-corrected chi connectivity index (χ0v) is 18.5. The predicted octanol–water partition coefficient (Wildman–Crippen LogP) is -2.70. The second kappa shape index (κ2) is 13.2. The van der Waals surface area contributed by atoms with E-state index in [-0.39, 0.29) is 12.4 Å². The van der Waals surface area contributed by atoms with E-state index < -0.39 is 60.2 Å². The van der Waals surface area contributed by atoms with Gasteiger partial charge in [0.25, 0.3) is 0 Å². The van der Waals surface area contributed by atoms with Crippen LogP contribution in [0.5, 0.6) is 0 Å². The minimum atomic E-state index is -1.41. The van der Waals surface area contributed by atoms with Crippen molar-refractivity contribution in [1.29, 1.82) is 0 Å². The fraction of sp³-hybridized carbons (Fsp3) is 0.684. The average Bonchev–Trinajstić information content (AvgIpc) is 3.22. The van der Waals surface area contributed by atoms with Crippen LogP contribution >= 0.6 is 0 Å². The molecule has 0 radical (unpaired) electrons. The van der Waals surface area contributed by atoms with E-state index in [1.54, 1.807) is 0 Å². The normalized spacial score (nSPS) is 18.0. The summed E-state index contributed by atoms with van der Waals surface area (Å²) < 4.78 is 0. The highest BCUT2D eigenvalue weighted by Gasteiger charge is 2.37. The lowest BCUT2D eigenvalue weighted by Crippen LogP contribution is -2.55. The Hall–Kier alpha value is -3.42. The first-order valence-electron chi connectivity index (χ1n) is 10.6. The van der Waals surface area contributed by atoms with Gasteiger partial charge in [0.05, 0.1) is 6.04 Å². The monoisotopic (exact) mass is 471 g/mol. The minimum Gasteiger partial charge on any atom is -0.481 e. The molecule has 0 aliphatic carbocycles. The fourth-order valence-corrected chi connectivity index (χ4v) is 3.36. The van der Waals surface area contributed by atoms with Crippen molar-refractivity contribution in [2.45, 2.75) is 69.6 Å². The molecule has 1 rings (SSSR count). The van der Waals surface area contributed by atoms with Crippen LogP contribution in [0.4, 0.5) is 0 Å². The molecule has 33 heavy (non-hydrogen) atoms. The maximum Gasteiger partial charge on any atom is 0.326 e. The van der Waals surface area contributed by atoms with Crippen LogP contribution < -0.4 is 27.8 Å². The molecule has 14 heteroatoms. The fourth-order valence-electron chi connectivity index (χ4n) is 3.36. The number of nitrogens with two attached hydrogens (primary N) is 3. The summed E-state index contributed by atoms with van der Waals surface area (Å²) in [5, 5.41) is 22.5. The first kappa shape index (κ1) is 27.6. The van der Waals surface area contributed by atoms with Crippen molar-refractivity contribution in [3.63, 3.8) is 0 Å². The van der Waals surface area contributed by atoms with Crippen LogP contribution in [-0.2, 0) is 24.0 Å². The molecule has 1 heterocycles. The standard InChI is InChI=1S/C19H33N7O7/c1-10(15(29)25-12(18(32)33)6-7-14(27)28)24-16(30)13-5-3-9-26(13)17(31)11(20)4-2-8-23-19(21)22/h10-13H,2-9,20H2,1H3,(H,24,30)(H,25,29)(H,27,28)(H,32,33)(H4,21,22,23). The lowest BCUT2D eigenvalue weighted by atomic mass is 10.1. The number of aliphatic carboxylic acids is 2. The quantitative estimate of drug-likeness (QED) is 0.0831. The highest BCUT2D eigenvalue weighted by molar-refractivity contribution is 5.94. The van der Waals surface area contributed by atoms with Gasteiger partial charge in [-0.3, -0.25) is 24.2 Å². The van der Waals surface area contributed by atoms with Crippen LogP contribution in [0.25, 0.3) is 0 Å².